The molecule has 2 aromatic carbocycles. The lowest BCUT2D eigenvalue weighted by atomic mass is 10.2. The van der Waals surface area contributed by atoms with Gasteiger partial charge in [0.2, 0.25) is 0 Å². The zero-order valence-electron chi connectivity index (χ0n) is 9.72. The van der Waals surface area contributed by atoms with Crippen LogP contribution < -0.4 is 10.5 Å². The van der Waals surface area contributed by atoms with E-state index in [9.17, 15) is 0 Å². The molecule has 0 aromatic heterocycles. The van der Waals surface area contributed by atoms with Crippen molar-refractivity contribution in [1.29, 1.82) is 10.5 Å². The zero-order valence-corrected chi connectivity index (χ0v) is 11.3. The van der Waals surface area contributed by atoms with Gasteiger partial charge in [-0.1, -0.05) is 0 Å². The van der Waals surface area contributed by atoms with Gasteiger partial charge < -0.3 is 10.5 Å². The molecule has 2 N–H and O–H groups in total. The summed E-state index contributed by atoms with van der Waals surface area (Å²) in [4.78, 5) is 0. The first-order valence-corrected chi connectivity index (χ1v) is 6.10. The number of nitrogens with two attached hydrogens (primary N) is 1. The molecule has 0 aliphatic heterocycles. The van der Waals surface area contributed by atoms with Crippen LogP contribution in [0.2, 0.25) is 0 Å². The second kappa shape index (κ2) is 5.43. The Hall–Kier alpha value is -2.50. The van der Waals surface area contributed by atoms with Gasteiger partial charge in [0.05, 0.1) is 33.4 Å². The average Bonchev–Trinajstić information content (AvgIpc) is 2.42. The molecule has 0 bridgehead atoms. The van der Waals surface area contributed by atoms with Gasteiger partial charge in [0.25, 0.3) is 0 Å². The number of hydrogen-bond acceptors (Lipinski definition) is 4. The fraction of sp³-hybridized carbons (Fsp3) is 0. The van der Waals surface area contributed by atoms with Crippen molar-refractivity contribution in [2.45, 2.75) is 0 Å². The number of nitriles is 2. The van der Waals surface area contributed by atoms with Gasteiger partial charge in [0.1, 0.15) is 11.5 Å². The van der Waals surface area contributed by atoms with Gasteiger partial charge in [-0.05, 0) is 52.3 Å². The summed E-state index contributed by atoms with van der Waals surface area (Å²) in [5.74, 6) is 1.01. The summed E-state index contributed by atoms with van der Waals surface area (Å²) in [7, 11) is 0. The van der Waals surface area contributed by atoms with Gasteiger partial charge in [-0.3, -0.25) is 0 Å². The monoisotopic (exact) mass is 313 g/mol. The van der Waals surface area contributed by atoms with E-state index in [1.54, 1.807) is 36.4 Å². The minimum atomic E-state index is 0.385. The maximum Gasteiger partial charge on any atom is 0.150 e. The van der Waals surface area contributed by atoms with Crippen LogP contribution >= 0.6 is 15.9 Å². The predicted molar refractivity (Wildman–Crippen MR) is 74.5 cm³/mol. The standard InChI is InChI=1S/C14H8BrN3O/c15-11-5-9(7-16)1-3-13(11)19-14-4-2-10(8-17)6-12(14)18/h1-6H,18H2. The first-order valence-electron chi connectivity index (χ1n) is 5.31. The second-order valence-corrected chi connectivity index (χ2v) is 4.58. The Morgan fingerprint density at radius 1 is 0.947 bits per heavy atom. The summed E-state index contributed by atoms with van der Waals surface area (Å²) in [6, 6.07) is 13.9. The highest BCUT2D eigenvalue weighted by molar-refractivity contribution is 9.10. The van der Waals surface area contributed by atoms with Gasteiger partial charge >= 0.3 is 0 Å². The minimum absolute atomic E-state index is 0.385. The van der Waals surface area contributed by atoms with Crippen LogP contribution in [-0.2, 0) is 0 Å². The lowest BCUT2D eigenvalue weighted by molar-refractivity contribution is 0.482. The van der Waals surface area contributed by atoms with E-state index in [-0.39, 0.29) is 0 Å². The van der Waals surface area contributed by atoms with Crippen LogP contribution in [-0.4, -0.2) is 0 Å². The van der Waals surface area contributed by atoms with Gasteiger partial charge in [-0.15, -0.1) is 0 Å². The Bertz CT molecular complexity index is 652. The topological polar surface area (TPSA) is 82.8 Å². The van der Waals surface area contributed by atoms with E-state index in [2.05, 4.69) is 15.9 Å². The molecule has 0 aliphatic rings. The SMILES string of the molecule is N#Cc1ccc(Oc2ccc(C#N)cc2Br)c(N)c1. The highest BCUT2D eigenvalue weighted by atomic mass is 79.9. The van der Waals surface area contributed by atoms with Gasteiger partial charge in [-0.25, -0.2) is 0 Å². The highest BCUT2D eigenvalue weighted by Crippen LogP contribution is 2.33. The molecular weight excluding hydrogens is 306 g/mol. The highest BCUT2D eigenvalue weighted by Gasteiger charge is 2.07. The summed E-state index contributed by atoms with van der Waals surface area (Å²) in [6.45, 7) is 0. The van der Waals surface area contributed by atoms with Crippen LogP contribution in [0.4, 0.5) is 5.69 Å². The number of nitrogen functional groups attached to an aromatic ring is 1. The molecule has 0 unspecified atom stereocenters. The third-order valence-corrected chi connectivity index (χ3v) is 3.04. The minimum Gasteiger partial charge on any atom is -0.454 e. The molecule has 0 spiro atoms. The maximum atomic E-state index is 8.78. The largest absolute Gasteiger partial charge is 0.454 e. The van der Waals surface area contributed by atoms with Gasteiger partial charge in [-0.2, -0.15) is 10.5 Å². The van der Waals surface area contributed by atoms with Crippen molar-refractivity contribution in [3.05, 3.63) is 52.0 Å². The van der Waals surface area contributed by atoms with Crippen molar-refractivity contribution < 1.29 is 4.74 Å². The second-order valence-electron chi connectivity index (χ2n) is 3.72. The Morgan fingerprint density at radius 2 is 1.53 bits per heavy atom. The van der Waals surface area contributed by atoms with Crippen molar-refractivity contribution in [1.82, 2.24) is 0 Å². The van der Waals surface area contributed by atoms with E-state index < -0.39 is 0 Å². The van der Waals surface area contributed by atoms with Crippen LogP contribution in [0.5, 0.6) is 11.5 Å². The summed E-state index contributed by atoms with van der Waals surface area (Å²) in [6.07, 6.45) is 0. The van der Waals surface area contributed by atoms with E-state index in [1.807, 2.05) is 12.1 Å². The molecule has 19 heavy (non-hydrogen) atoms. The Kier molecular flexibility index (Phi) is 3.70. The quantitative estimate of drug-likeness (QED) is 0.859. The van der Waals surface area contributed by atoms with E-state index >= 15 is 0 Å². The number of anilines is 1. The van der Waals surface area contributed by atoms with Gasteiger partial charge in [0.15, 0.2) is 0 Å². The number of rotatable bonds is 2. The summed E-state index contributed by atoms with van der Waals surface area (Å²) in [5.41, 5.74) is 7.20. The Morgan fingerprint density at radius 3 is 2.05 bits per heavy atom. The molecular formula is C14H8BrN3O. The van der Waals surface area contributed by atoms with Gasteiger partial charge in [0, 0.05) is 0 Å². The van der Waals surface area contributed by atoms with Crippen LogP contribution in [0.15, 0.2) is 40.9 Å². The zero-order chi connectivity index (χ0) is 13.8. The number of hydrogen-bond donors (Lipinski definition) is 1. The van der Waals surface area contributed by atoms with E-state index in [0.29, 0.717) is 32.8 Å². The smallest absolute Gasteiger partial charge is 0.150 e. The maximum absolute atomic E-state index is 8.78. The number of benzene rings is 2. The lowest BCUT2D eigenvalue weighted by Gasteiger charge is -2.10. The Labute approximate surface area is 118 Å². The molecule has 0 aliphatic carbocycles. The molecule has 2 aromatic rings. The molecule has 0 atom stereocenters. The third kappa shape index (κ3) is 2.85. The molecule has 0 radical (unpaired) electrons. The fourth-order valence-electron chi connectivity index (χ4n) is 1.48. The molecule has 2 rings (SSSR count). The first kappa shape index (κ1) is 12.9. The molecule has 0 saturated heterocycles. The van der Waals surface area contributed by atoms with Crippen molar-refractivity contribution >= 4 is 21.6 Å². The average molecular weight is 314 g/mol. The number of halogens is 1. The summed E-state index contributed by atoms with van der Waals surface area (Å²) < 4.78 is 6.31. The summed E-state index contributed by atoms with van der Waals surface area (Å²) in [5, 5.41) is 17.5. The molecule has 5 heteroatoms. The summed E-state index contributed by atoms with van der Waals surface area (Å²) >= 11 is 3.33. The number of ether oxygens (including phenoxy) is 1. The van der Waals surface area contributed by atoms with Crippen molar-refractivity contribution in [3.63, 3.8) is 0 Å². The molecule has 4 nitrogen and oxygen atoms in total. The van der Waals surface area contributed by atoms with E-state index in [0.717, 1.165) is 0 Å². The molecule has 0 fully saturated rings. The molecule has 0 saturated carbocycles. The molecule has 0 heterocycles. The van der Waals surface area contributed by atoms with Crippen molar-refractivity contribution in [2.75, 3.05) is 5.73 Å². The van der Waals surface area contributed by atoms with Crippen LogP contribution in [0.1, 0.15) is 11.1 Å². The van der Waals surface area contributed by atoms with E-state index in [4.69, 9.17) is 21.0 Å². The van der Waals surface area contributed by atoms with Crippen LogP contribution in [0.25, 0.3) is 0 Å². The van der Waals surface area contributed by atoms with Crippen LogP contribution in [0, 0.1) is 22.7 Å². The Balaban J connectivity index is 2.32. The van der Waals surface area contributed by atoms with Crippen molar-refractivity contribution in [3.8, 4) is 23.6 Å². The third-order valence-electron chi connectivity index (χ3n) is 2.42. The van der Waals surface area contributed by atoms with E-state index in [1.165, 1.54) is 0 Å². The molecule has 92 valence electrons. The fourth-order valence-corrected chi connectivity index (χ4v) is 1.94. The predicted octanol–water partition coefficient (Wildman–Crippen LogP) is 3.57. The first-order chi connectivity index (χ1) is 9.13. The van der Waals surface area contributed by atoms with Crippen LogP contribution in [0.3, 0.4) is 0 Å². The van der Waals surface area contributed by atoms with Crippen molar-refractivity contribution in [2.24, 2.45) is 0 Å². The normalized spacial score (nSPS) is 9.42. The molecule has 0 amide bonds. The lowest BCUT2D eigenvalue weighted by Crippen LogP contribution is -1.93. The number of nitrogens with zero attached hydrogens (tertiary/aromatic N) is 2.